The minimum atomic E-state index is -0.256. The van der Waals surface area contributed by atoms with Gasteiger partial charge in [-0.05, 0) is 12.1 Å². The van der Waals surface area contributed by atoms with Crippen molar-refractivity contribution in [2.75, 3.05) is 0 Å². The normalized spacial score (nSPS) is 10.4. The van der Waals surface area contributed by atoms with Crippen LogP contribution in [0.2, 0.25) is 5.02 Å². The number of aromatic nitrogens is 2. The molecule has 0 aliphatic carbocycles. The van der Waals surface area contributed by atoms with E-state index in [-0.39, 0.29) is 12.5 Å². The quantitative estimate of drug-likeness (QED) is 0.822. The first-order valence-electron chi connectivity index (χ1n) is 3.99. The molecule has 5 heteroatoms. The molecule has 4 nitrogen and oxygen atoms in total. The molecule has 0 fully saturated rings. The molecule has 1 N–H and O–H groups in total. The van der Waals surface area contributed by atoms with Crippen molar-refractivity contribution in [1.82, 2.24) is 10.1 Å². The highest BCUT2D eigenvalue weighted by atomic mass is 35.5. The minimum Gasteiger partial charge on any atom is -0.387 e. The molecule has 0 saturated heterocycles. The first-order chi connectivity index (χ1) is 6.79. The summed E-state index contributed by atoms with van der Waals surface area (Å²) in [5, 5.41) is 13.0. The molecule has 0 unspecified atom stereocenters. The van der Waals surface area contributed by atoms with E-state index in [0.29, 0.717) is 10.8 Å². The molecule has 0 atom stereocenters. The number of benzene rings is 1. The molecule has 1 aromatic carbocycles. The molecule has 2 rings (SSSR count). The molecule has 0 amide bonds. The molecule has 1 aromatic heterocycles. The van der Waals surface area contributed by atoms with E-state index in [0.717, 1.165) is 5.56 Å². The summed E-state index contributed by atoms with van der Waals surface area (Å²) in [6, 6.07) is 7.11. The average Bonchev–Trinajstić information content (AvgIpc) is 2.66. The number of rotatable bonds is 2. The molecule has 14 heavy (non-hydrogen) atoms. The van der Waals surface area contributed by atoms with Gasteiger partial charge in [0, 0.05) is 10.6 Å². The van der Waals surface area contributed by atoms with Crippen molar-refractivity contribution in [1.29, 1.82) is 0 Å². The van der Waals surface area contributed by atoms with E-state index >= 15 is 0 Å². The van der Waals surface area contributed by atoms with E-state index in [2.05, 4.69) is 10.1 Å². The van der Waals surface area contributed by atoms with Crippen molar-refractivity contribution >= 4 is 11.6 Å². The maximum Gasteiger partial charge on any atom is 0.252 e. The van der Waals surface area contributed by atoms with Crippen molar-refractivity contribution in [3.63, 3.8) is 0 Å². The van der Waals surface area contributed by atoms with E-state index in [9.17, 15) is 0 Å². The van der Waals surface area contributed by atoms with Crippen LogP contribution in [0.1, 0.15) is 5.89 Å². The standard InChI is InChI=1S/C9H7ClN2O2/c10-7-3-1-2-6(4-7)9-11-8(5-13)14-12-9/h1-4,13H,5H2. The summed E-state index contributed by atoms with van der Waals surface area (Å²) in [5.41, 5.74) is 0.765. The summed E-state index contributed by atoms with van der Waals surface area (Å²) >= 11 is 5.80. The number of halogens is 1. The summed E-state index contributed by atoms with van der Waals surface area (Å²) < 4.78 is 4.75. The summed E-state index contributed by atoms with van der Waals surface area (Å²) in [7, 11) is 0. The smallest absolute Gasteiger partial charge is 0.252 e. The molecular weight excluding hydrogens is 204 g/mol. The van der Waals surface area contributed by atoms with Gasteiger partial charge < -0.3 is 9.63 Å². The zero-order valence-corrected chi connectivity index (χ0v) is 7.90. The SMILES string of the molecule is OCc1nc(-c2cccc(Cl)c2)no1. The average molecular weight is 211 g/mol. The van der Waals surface area contributed by atoms with Gasteiger partial charge in [-0.1, -0.05) is 28.9 Å². The summed E-state index contributed by atoms with van der Waals surface area (Å²) in [4.78, 5) is 3.95. The Balaban J connectivity index is 2.39. The predicted octanol–water partition coefficient (Wildman–Crippen LogP) is 1.88. The fourth-order valence-corrected chi connectivity index (χ4v) is 1.25. The molecular formula is C9H7ClN2O2. The summed E-state index contributed by atoms with van der Waals surface area (Å²) in [6.45, 7) is -0.256. The van der Waals surface area contributed by atoms with Gasteiger partial charge in [-0.2, -0.15) is 4.98 Å². The third kappa shape index (κ3) is 1.76. The van der Waals surface area contributed by atoms with Crippen LogP contribution >= 0.6 is 11.6 Å². The Morgan fingerprint density at radius 3 is 2.93 bits per heavy atom. The molecule has 72 valence electrons. The van der Waals surface area contributed by atoms with Gasteiger partial charge in [-0.3, -0.25) is 0 Å². The number of nitrogens with zero attached hydrogens (tertiary/aromatic N) is 2. The van der Waals surface area contributed by atoms with E-state index in [1.54, 1.807) is 18.2 Å². The monoisotopic (exact) mass is 210 g/mol. The lowest BCUT2D eigenvalue weighted by Crippen LogP contribution is -1.83. The van der Waals surface area contributed by atoms with Crippen molar-refractivity contribution in [3.8, 4) is 11.4 Å². The fourth-order valence-electron chi connectivity index (χ4n) is 1.06. The van der Waals surface area contributed by atoms with E-state index in [1.807, 2.05) is 6.07 Å². The largest absolute Gasteiger partial charge is 0.387 e. The van der Waals surface area contributed by atoms with Crippen LogP contribution in [0.3, 0.4) is 0 Å². The van der Waals surface area contributed by atoms with Crippen LogP contribution < -0.4 is 0 Å². The van der Waals surface area contributed by atoms with Crippen LogP contribution in [0.5, 0.6) is 0 Å². The van der Waals surface area contributed by atoms with Gasteiger partial charge in [-0.25, -0.2) is 0 Å². The summed E-state index contributed by atoms with van der Waals surface area (Å²) in [5.74, 6) is 0.622. The van der Waals surface area contributed by atoms with E-state index < -0.39 is 0 Å². The van der Waals surface area contributed by atoms with E-state index in [1.165, 1.54) is 0 Å². The second-order valence-corrected chi connectivity index (χ2v) is 3.12. The van der Waals surface area contributed by atoms with Crippen LogP contribution in [0.25, 0.3) is 11.4 Å². The number of aliphatic hydroxyl groups excluding tert-OH is 1. The molecule has 0 bridgehead atoms. The Labute approximate surface area is 85.1 Å². The molecule has 1 heterocycles. The molecule has 2 aromatic rings. The maximum absolute atomic E-state index is 8.73. The van der Waals surface area contributed by atoms with Gasteiger partial charge in [0.25, 0.3) is 5.89 Å². The van der Waals surface area contributed by atoms with Gasteiger partial charge >= 0.3 is 0 Å². The van der Waals surface area contributed by atoms with Gasteiger partial charge in [0.2, 0.25) is 5.82 Å². The van der Waals surface area contributed by atoms with Crippen LogP contribution in [-0.4, -0.2) is 15.2 Å². The van der Waals surface area contributed by atoms with Crippen LogP contribution in [0.4, 0.5) is 0 Å². The predicted molar refractivity (Wildman–Crippen MR) is 50.7 cm³/mol. The van der Waals surface area contributed by atoms with Crippen molar-refractivity contribution in [2.24, 2.45) is 0 Å². The minimum absolute atomic E-state index is 0.194. The van der Waals surface area contributed by atoms with Crippen LogP contribution in [0, 0.1) is 0 Å². The van der Waals surface area contributed by atoms with Gasteiger partial charge in [0.05, 0.1) is 0 Å². The first kappa shape index (κ1) is 9.18. The third-order valence-corrected chi connectivity index (χ3v) is 1.92. The Morgan fingerprint density at radius 1 is 1.43 bits per heavy atom. The Bertz CT molecular complexity index is 442. The van der Waals surface area contributed by atoms with Crippen molar-refractivity contribution < 1.29 is 9.63 Å². The zero-order chi connectivity index (χ0) is 9.97. The van der Waals surface area contributed by atoms with Crippen LogP contribution in [0.15, 0.2) is 28.8 Å². The second kappa shape index (κ2) is 3.77. The lowest BCUT2D eigenvalue weighted by atomic mass is 10.2. The third-order valence-electron chi connectivity index (χ3n) is 1.69. The van der Waals surface area contributed by atoms with Gasteiger partial charge in [0.1, 0.15) is 6.61 Å². The Kier molecular flexibility index (Phi) is 2.47. The second-order valence-electron chi connectivity index (χ2n) is 2.68. The van der Waals surface area contributed by atoms with Crippen LogP contribution in [-0.2, 0) is 6.61 Å². The van der Waals surface area contributed by atoms with Crippen molar-refractivity contribution in [2.45, 2.75) is 6.61 Å². The number of aliphatic hydroxyl groups is 1. The number of hydrogen-bond acceptors (Lipinski definition) is 4. The van der Waals surface area contributed by atoms with Gasteiger partial charge in [-0.15, -0.1) is 0 Å². The van der Waals surface area contributed by atoms with Gasteiger partial charge in [0.15, 0.2) is 0 Å². The first-order valence-corrected chi connectivity index (χ1v) is 4.37. The summed E-state index contributed by atoms with van der Waals surface area (Å²) in [6.07, 6.45) is 0. The molecule has 0 aliphatic heterocycles. The van der Waals surface area contributed by atoms with E-state index in [4.69, 9.17) is 21.2 Å². The molecule has 0 saturated carbocycles. The maximum atomic E-state index is 8.73. The lowest BCUT2D eigenvalue weighted by molar-refractivity contribution is 0.222. The highest BCUT2D eigenvalue weighted by Gasteiger charge is 2.07. The fraction of sp³-hybridized carbons (Fsp3) is 0.111. The highest BCUT2D eigenvalue weighted by Crippen LogP contribution is 2.19. The Hall–Kier alpha value is -1.39. The van der Waals surface area contributed by atoms with Crippen molar-refractivity contribution in [3.05, 3.63) is 35.2 Å². The number of hydrogen-bond donors (Lipinski definition) is 1. The lowest BCUT2D eigenvalue weighted by Gasteiger charge is -1.93. The highest BCUT2D eigenvalue weighted by molar-refractivity contribution is 6.30. The topological polar surface area (TPSA) is 59.2 Å². The molecule has 0 aliphatic rings. The molecule has 0 radical (unpaired) electrons. The Morgan fingerprint density at radius 2 is 2.29 bits per heavy atom. The zero-order valence-electron chi connectivity index (χ0n) is 7.14. The molecule has 0 spiro atoms.